The second-order valence-electron chi connectivity index (χ2n) is 2.24. The molecule has 4 nitrogen and oxygen atoms in total. The van der Waals surface area contributed by atoms with E-state index in [2.05, 4.69) is 5.32 Å². The molecule has 0 aromatic carbocycles. The number of nitrogens with one attached hydrogen (secondary N) is 1. The van der Waals surface area contributed by atoms with Crippen molar-refractivity contribution in [2.24, 2.45) is 5.73 Å². The maximum atomic E-state index is 10.6. The smallest absolute Gasteiger partial charge is 0.299 e. The van der Waals surface area contributed by atoms with Crippen molar-refractivity contribution in [2.45, 2.75) is 12.2 Å². The molecular weight excluding hydrogens is 131 g/mol. The molecule has 0 spiro atoms. The van der Waals surface area contributed by atoms with Gasteiger partial charge in [0.05, 0.1) is 6.73 Å². The summed E-state index contributed by atoms with van der Waals surface area (Å²) in [4.78, 5) is 10.6. The van der Waals surface area contributed by atoms with E-state index in [0.29, 0.717) is 13.0 Å². The van der Waals surface area contributed by atoms with Gasteiger partial charge in [-0.05, 0) is 5.82 Å². The average Bonchev–Trinajstić information content (AvgIpc) is 2.31. The van der Waals surface area contributed by atoms with Crippen LogP contribution in [0.1, 0.15) is 6.42 Å². The Hall–Kier alpha value is -0.545. The van der Waals surface area contributed by atoms with Gasteiger partial charge in [-0.3, -0.25) is 4.79 Å². The summed E-state index contributed by atoms with van der Waals surface area (Å²) >= 11 is 0. The van der Waals surface area contributed by atoms with Crippen molar-refractivity contribution in [2.75, 3.05) is 13.3 Å². The van der Waals surface area contributed by atoms with E-state index in [9.17, 15) is 4.79 Å². The SMILES string of the molecule is NCO[B]C1CNC(=O)C1. The van der Waals surface area contributed by atoms with Crippen LogP contribution in [0.15, 0.2) is 0 Å². The summed E-state index contributed by atoms with van der Waals surface area (Å²) in [6, 6.07) is 0. The second kappa shape index (κ2) is 3.58. The zero-order chi connectivity index (χ0) is 7.40. The van der Waals surface area contributed by atoms with Crippen LogP contribution in [-0.4, -0.2) is 26.7 Å². The molecule has 5 heteroatoms. The van der Waals surface area contributed by atoms with Crippen LogP contribution in [0.25, 0.3) is 0 Å². The first-order valence-corrected chi connectivity index (χ1v) is 3.24. The minimum Gasteiger partial charge on any atom is -0.428 e. The summed E-state index contributed by atoms with van der Waals surface area (Å²) in [5, 5.41) is 2.69. The fourth-order valence-corrected chi connectivity index (χ4v) is 0.915. The highest BCUT2D eigenvalue weighted by Crippen LogP contribution is 2.13. The van der Waals surface area contributed by atoms with Crippen molar-refractivity contribution < 1.29 is 9.45 Å². The van der Waals surface area contributed by atoms with Crippen molar-refractivity contribution in [3.63, 3.8) is 0 Å². The first kappa shape index (κ1) is 7.56. The first-order valence-electron chi connectivity index (χ1n) is 3.24. The van der Waals surface area contributed by atoms with Gasteiger partial charge in [0.15, 0.2) is 0 Å². The molecule has 1 amide bonds. The van der Waals surface area contributed by atoms with Crippen LogP contribution >= 0.6 is 0 Å². The van der Waals surface area contributed by atoms with Gasteiger partial charge < -0.3 is 15.7 Å². The Balaban J connectivity index is 2.12. The second-order valence-corrected chi connectivity index (χ2v) is 2.24. The number of carbonyl (C=O) groups is 1. The summed E-state index contributed by atoms with van der Waals surface area (Å²) < 4.78 is 4.83. The highest BCUT2D eigenvalue weighted by Gasteiger charge is 2.22. The van der Waals surface area contributed by atoms with E-state index in [4.69, 9.17) is 10.4 Å². The van der Waals surface area contributed by atoms with Crippen molar-refractivity contribution in [3.8, 4) is 0 Å². The Morgan fingerprint density at radius 3 is 3.20 bits per heavy atom. The molecule has 1 atom stereocenters. The first-order chi connectivity index (χ1) is 4.83. The highest BCUT2D eigenvalue weighted by molar-refractivity contribution is 6.31. The molecular formula is C5H10BN2O2. The van der Waals surface area contributed by atoms with Gasteiger partial charge in [-0.25, -0.2) is 0 Å². The van der Waals surface area contributed by atoms with Crippen LogP contribution < -0.4 is 11.1 Å². The topological polar surface area (TPSA) is 64.3 Å². The van der Waals surface area contributed by atoms with Crippen LogP contribution in [0, 0.1) is 0 Å². The van der Waals surface area contributed by atoms with Gasteiger partial charge in [0.2, 0.25) is 5.91 Å². The molecule has 0 aromatic rings. The number of nitrogens with two attached hydrogens (primary N) is 1. The number of rotatable bonds is 3. The molecule has 1 aliphatic rings. The monoisotopic (exact) mass is 141 g/mol. The molecule has 1 unspecified atom stereocenters. The Bertz CT molecular complexity index is 131. The van der Waals surface area contributed by atoms with Crippen molar-refractivity contribution in [1.82, 2.24) is 5.32 Å². The molecule has 1 aliphatic heterocycles. The van der Waals surface area contributed by atoms with E-state index in [0.717, 1.165) is 0 Å². The van der Waals surface area contributed by atoms with E-state index < -0.39 is 0 Å². The van der Waals surface area contributed by atoms with Gasteiger partial charge >= 0.3 is 0 Å². The zero-order valence-electron chi connectivity index (χ0n) is 5.67. The summed E-state index contributed by atoms with van der Waals surface area (Å²) in [5.41, 5.74) is 5.08. The van der Waals surface area contributed by atoms with Crippen LogP contribution in [0.3, 0.4) is 0 Å². The zero-order valence-corrected chi connectivity index (χ0v) is 5.67. The largest absolute Gasteiger partial charge is 0.428 e. The predicted molar refractivity (Wildman–Crippen MR) is 37.3 cm³/mol. The normalized spacial score (nSPS) is 24.5. The van der Waals surface area contributed by atoms with E-state index in [-0.39, 0.29) is 18.5 Å². The van der Waals surface area contributed by atoms with Crippen molar-refractivity contribution in [3.05, 3.63) is 0 Å². The van der Waals surface area contributed by atoms with E-state index >= 15 is 0 Å². The summed E-state index contributed by atoms with van der Waals surface area (Å²) in [6.45, 7) is 0.865. The fraction of sp³-hybridized carbons (Fsp3) is 0.800. The third kappa shape index (κ3) is 2.00. The molecule has 10 heavy (non-hydrogen) atoms. The van der Waals surface area contributed by atoms with Crippen LogP contribution in [0.5, 0.6) is 0 Å². The maximum absolute atomic E-state index is 10.6. The number of carbonyl (C=O) groups excluding carboxylic acids is 1. The Labute approximate surface area is 60.4 Å². The average molecular weight is 141 g/mol. The quantitative estimate of drug-likeness (QED) is 0.385. The number of hydrogen-bond acceptors (Lipinski definition) is 3. The highest BCUT2D eigenvalue weighted by atomic mass is 16.4. The lowest BCUT2D eigenvalue weighted by molar-refractivity contribution is -0.119. The van der Waals surface area contributed by atoms with E-state index in [1.807, 2.05) is 0 Å². The molecule has 0 bridgehead atoms. The summed E-state index contributed by atoms with van der Waals surface area (Å²) in [5.74, 6) is 0.290. The van der Waals surface area contributed by atoms with Gasteiger partial charge in [0, 0.05) is 13.0 Å². The third-order valence-corrected chi connectivity index (χ3v) is 1.39. The number of amides is 1. The molecule has 0 saturated carbocycles. The van der Waals surface area contributed by atoms with Gasteiger partial charge in [-0.2, -0.15) is 0 Å². The molecule has 1 radical (unpaired) electrons. The van der Waals surface area contributed by atoms with E-state index in [1.165, 1.54) is 0 Å². The summed E-state index contributed by atoms with van der Waals surface area (Å²) in [6.07, 6.45) is 0.528. The maximum Gasteiger partial charge on any atom is 0.299 e. The minimum absolute atomic E-state index is 0.0851. The molecule has 55 valence electrons. The molecule has 0 aromatic heterocycles. The number of hydrogen-bond donors (Lipinski definition) is 2. The van der Waals surface area contributed by atoms with Gasteiger partial charge in [0.25, 0.3) is 7.48 Å². The molecule has 3 N–H and O–H groups in total. The lowest BCUT2D eigenvalue weighted by Gasteiger charge is -2.02. The molecule has 1 saturated heterocycles. The van der Waals surface area contributed by atoms with Crippen LogP contribution in [-0.2, 0) is 9.45 Å². The van der Waals surface area contributed by atoms with Crippen molar-refractivity contribution >= 4 is 13.4 Å². The Morgan fingerprint density at radius 1 is 1.90 bits per heavy atom. The Morgan fingerprint density at radius 2 is 2.70 bits per heavy atom. The molecule has 1 fully saturated rings. The van der Waals surface area contributed by atoms with Gasteiger partial charge in [0.1, 0.15) is 0 Å². The summed E-state index contributed by atoms with van der Waals surface area (Å²) in [7, 11) is 1.62. The minimum atomic E-state index is 0.0851. The molecule has 1 rings (SSSR count). The molecule has 1 heterocycles. The predicted octanol–water partition coefficient (Wildman–Crippen LogP) is -1.15. The Kier molecular flexibility index (Phi) is 2.71. The lowest BCUT2D eigenvalue weighted by Crippen LogP contribution is -2.16. The van der Waals surface area contributed by atoms with E-state index in [1.54, 1.807) is 7.48 Å². The standard InChI is InChI=1S/C5H10BN2O2/c7-3-10-6-4-1-5(9)8-2-4/h4H,1-3,7H2,(H,8,9). The fourth-order valence-electron chi connectivity index (χ4n) is 0.915. The van der Waals surface area contributed by atoms with Crippen LogP contribution in [0.2, 0.25) is 5.82 Å². The van der Waals surface area contributed by atoms with Crippen molar-refractivity contribution in [1.29, 1.82) is 0 Å². The van der Waals surface area contributed by atoms with Gasteiger partial charge in [-0.1, -0.05) is 0 Å². The van der Waals surface area contributed by atoms with Gasteiger partial charge in [-0.15, -0.1) is 0 Å². The third-order valence-electron chi connectivity index (χ3n) is 1.39. The lowest BCUT2D eigenvalue weighted by atomic mass is 9.79. The van der Waals surface area contributed by atoms with Crippen LogP contribution in [0.4, 0.5) is 0 Å². The molecule has 0 aliphatic carbocycles.